The molecule has 0 amide bonds. The van der Waals surface area contributed by atoms with Gasteiger partial charge < -0.3 is 0 Å². The van der Waals surface area contributed by atoms with Crippen molar-refractivity contribution in [2.45, 2.75) is 24.7 Å². The van der Waals surface area contributed by atoms with E-state index in [1.807, 2.05) is 12.1 Å². The lowest BCUT2D eigenvalue weighted by atomic mass is 10.4. The van der Waals surface area contributed by atoms with Crippen molar-refractivity contribution in [3.05, 3.63) is 24.0 Å². The van der Waals surface area contributed by atoms with Crippen molar-refractivity contribution in [3.63, 3.8) is 0 Å². The van der Waals surface area contributed by atoms with Crippen LogP contribution in [0, 0.1) is 11.3 Å². The van der Waals surface area contributed by atoms with Gasteiger partial charge in [-0.2, -0.15) is 5.26 Å². The van der Waals surface area contributed by atoms with Crippen LogP contribution in [0.25, 0.3) is 0 Å². The average Bonchev–Trinajstić information content (AvgIpc) is 2.19. The molecule has 68 valence electrons. The quantitative estimate of drug-likeness (QED) is 0.543. The largest absolute Gasteiger partial charge is 0.244 e. The zero-order chi connectivity index (χ0) is 9.52. The first-order valence-corrected chi connectivity index (χ1v) is 5.34. The molecule has 0 radical (unpaired) electrons. The van der Waals surface area contributed by atoms with Crippen molar-refractivity contribution in [2.24, 2.45) is 0 Å². The van der Waals surface area contributed by atoms with Gasteiger partial charge in [0, 0.05) is 11.1 Å². The van der Waals surface area contributed by atoms with Gasteiger partial charge in [-0.3, -0.25) is 0 Å². The molecule has 3 heteroatoms. The Morgan fingerprint density at radius 1 is 1.54 bits per heavy atom. The van der Waals surface area contributed by atoms with Gasteiger partial charge in [0.1, 0.15) is 11.8 Å². The van der Waals surface area contributed by atoms with E-state index in [1.165, 1.54) is 12.8 Å². The third kappa shape index (κ3) is 3.47. The number of rotatable bonds is 4. The van der Waals surface area contributed by atoms with Crippen LogP contribution in [0.3, 0.4) is 0 Å². The Labute approximate surface area is 83.0 Å². The fraction of sp³-hybridized carbons (Fsp3) is 0.400. The Kier molecular flexibility index (Phi) is 4.34. The van der Waals surface area contributed by atoms with Crippen LogP contribution in [0.4, 0.5) is 0 Å². The van der Waals surface area contributed by atoms with Gasteiger partial charge in [0.05, 0.1) is 0 Å². The standard InChI is InChI=1S/C10H12N2S/c1-2-3-6-13-10-5-4-9(7-11)12-8-10/h4-5,8H,2-3,6H2,1H3. The second kappa shape index (κ2) is 5.60. The summed E-state index contributed by atoms with van der Waals surface area (Å²) in [6, 6.07) is 5.71. The van der Waals surface area contributed by atoms with E-state index >= 15 is 0 Å². The fourth-order valence-electron chi connectivity index (χ4n) is 0.866. The number of nitriles is 1. The summed E-state index contributed by atoms with van der Waals surface area (Å²) >= 11 is 1.79. The van der Waals surface area contributed by atoms with Crippen molar-refractivity contribution in [1.29, 1.82) is 5.26 Å². The molecule has 2 nitrogen and oxygen atoms in total. The van der Waals surface area contributed by atoms with Crippen LogP contribution in [-0.4, -0.2) is 10.7 Å². The molecule has 0 fully saturated rings. The average molecular weight is 192 g/mol. The van der Waals surface area contributed by atoms with E-state index in [-0.39, 0.29) is 0 Å². The molecule has 13 heavy (non-hydrogen) atoms. The minimum Gasteiger partial charge on any atom is -0.244 e. The number of aromatic nitrogens is 1. The molecule has 0 atom stereocenters. The number of unbranched alkanes of at least 4 members (excludes halogenated alkanes) is 1. The lowest BCUT2D eigenvalue weighted by Gasteiger charge is -1.98. The summed E-state index contributed by atoms with van der Waals surface area (Å²) in [5, 5.41) is 8.52. The minimum atomic E-state index is 0.486. The fourth-order valence-corrected chi connectivity index (χ4v) is 1.83. The molecule has 0 aliphatic heterocycles. The second-order valence-corrected chi connectivity index (χ2v) is 3.86. The monoisotopic (exact) mass is 192 g/mol. The highest BCUT2D eigenvalue weighted by molar-refractivity contribution is 7.99. The van der Waals surface area contributed by atoms with Crippen molar-refractivity contribution < 1.29 is 0 Å². The molecule has 0 aliphatic carbocycles. The Balaban J connectivity index is 2.46. The summed E-state index contributed by atoms with van der Waals surface area (Å²) in [5.41, 5.74) is 0.486. The molecule has 1 rings (SSSR count). The first-order chi connectivity index (χ1) is 6.36. The van der Waals surface area contributed by atoms with Gasteiger partial charge in [0.2, 0.25) is 0 Å². The molecule has 1 aromatic rings. The van der Waals surface area contributed by atoms with E-state index < -0.39 is 0 Å². The second-order valence-electron chi connectivity index (χ2n) is 2.69. The van der Waals surface area contributed by atoms with Gasteiger partial charge in [-0.25, -0.2) is 4.98 Å². The van der Waals surface area contributed by atoms with E-state index in [1.54, 1.807) is 24.0 Å². The highest BCUT2D eigenvalue weighted by atomic mass is 32.2. The summed E-state index contributed by atoms with van der Waals surface area (Å²) in [6.45, 7) is 2.18. The number of nitrogens with zero attached hydrogens (tertiary/aromatic N) is 2. The van der Waals surface area contributed by atoms with E-state index in [9.17, 15) is 0 Å². The lowest BCUT2D eigenvalue weighted by molar-refractivity contribution is 0.896. The number of hydrogen-bond acceptors (Lipinski definition) is 3. The lowest BCUT2D eigenvalue weighted by Crippen LogP contribution is -1.83. The Bertz CT molecular complexity index is 287. The molecule has 0 spiro atoms. The van der Waals surface area contributed by atoms with Gasteiger partial charge in [0.15, 0.2) is 0 Å². The van der Waals surface area contributed by atoms with Crippen molar-refractivity contribution in [2.75, 3.05) is 5.75 Å². The van der Waals surface area contributed by atoms with E-state index in [4.69, 9.17) is 5.26 Å². The maximum atomic E-state index is 8.52. The summed E-state index contributed by atoms with van der Waals surface area (Å²) in [6.07, 6.45) is 4.21. The van der Waals surface area contributed by atoms with E-state index in [0.29, 0.717) is 5.69 Å². The van der Waals surface area contributed by atoms with E-state index in [0.717, 1.165) is 10.6 Å². The Morgan fingerprint density at radius 3 is 2.92 bits per heavy atom. The number of thioether (sulfide) groups is 1. The normalized spacial score (nSPS) is 9.54. The molecular formula is C10H12N2S. The van der Waals surface area contributed by atoms with Crippen LogP contribution >= 0.6 is 11.8 Å². The topological polar surface area (TPSA) is 36.7 Å². The molecule has 0 saturated carbocycles. The molecule has 0 aliphatic rings. The van der Waals surface area contributed by atoms with Crippen molar-refractivity contribution >= 4 is 11.8 Å². The number of hydrogen-bond donors (Lipinski definition) is 0. The summed E-state index contributed by atoms with van der Waals surface area (Å²) in [4.78, 5) is 5.14. The smallest absolute Gasteiger partial charge is 0.140 e. The maximum absolute atomic E-state index is 8.52. The first kappa shape index (κ1) is 10.1. The number of pyridine rings is 1. The molecule has 0 saturated heterocycles. The molecule has 1 heterocycles. The predicted octanol–water partition coefficient (Wildman–Crippen LogP) is 2.85. The molecule has 0 bridgehead atoms. The zero-order valence-corrected chi connectivity index (χ0v) is 8.47. The van der Waals surface area contributed by atoms with Crippen LogP contribution in [0.2, 0.25) is 0 Å². The summed E-state index contributed by atoms with van der Waals surface area (Å²) in [5.74, 6) is 1.13. The molecule has 0 aromatic carbocycles. The van der Waals surface area contributed by atoms with Crippen LogP contribution in [-0.2, 0) is 0 Å². The minimum absolute atomic E-state index is 0.486. The molecule has 1 aromatic heterocycles. The van der Waals surface area contributed by atoms with Crippen LogP contribution < -0.4 is 0 Å². The van der Waals surface area contributed by atoms with Gasteiger partial charge in [-0.05, 0) is 24.3 Å². The van der Waals surface area contributed by atoms with Crippen LogP contribution in [0.15, 0.2) is 23.2 Å². The van der Waals surface area contributed by atoms with Crippen LogP contribution in [0.1, 0.15) is 25.5 Å². The third-order valence-corrected chi connectivity index (χ3v) is 2.69. The van der Waals surface area contributed by atoms with Crippen LogP contribution in [0.5, 0.6) is 0 Å². The van der Waals surface area contributed by atoms with Crippen molar-refractivity contribution in [1.82, 2.24) is 4.98 Å². The third-order valence-electron chi connectivity index (χ3n) is 1.62. The SMILES string of the molecule is CCCCSc1ccc(C#N)nc1. The first-order valence-electron chi connectivity index (χ1n) is 4.35. The van der Waals surface area contributed by atoms with E-state index in [2.05, 4.69) is 11.9 Å². The molecule has 0 N–H and O–H groups in total. The molecular weight excluding hydrogens is 180 g/mol. The van der Waals surface area contributed by atoms with Crippen molar-refractivity contribution in [3.8, 4) is 6.07 Å². The van der Waals surface area contributed by atoms with Gasteiger partial charge in [-0.15, -0.1) is 11.8 Å². The van der Waals surface area contributed by atoms with Gasteiger partial charge in [-0.1, -0.05) is 13.3 Å². The zero-order valence-electron chi connectivity index (χ0n) is 7.66. The summed E-state index contributed by atoms with van der Waals surface area (Å²) in [7, 11) is 0. The van der Waals surface area contributed by atoms with Gasteiger partial charge >= 0.3 is 0 Å². The van der Waals surface area contributed by atoms with Gasteiger partial charge in [0.25, 0.3) is 0 Å². The Morgan fingerprint density at radius 2 is 2.38 bits per heavy atom. The highest BCUT2D eigenvalue weighted by Crippen LogP contribution is 2.17. The Hall–Kier alpha value is -1.01. The molecule has 0 unspecified atom stereocenters. The summed E-state index contributed by atoms with van der Waals surface area (Å²) < 4.78 is 0. The predicted molar refractivity (Wildman–Crippen MR) is 54.6 cm³/mol. The maximum Gasteiger partial charge on any atom is 0.140 e. The highest BCUT2D eigenvalue weighted by Gasteiger charge is 1.94.